The second-order valence-electron chi connectivity index (χ2n) is 5.75. The quantitative estimate of drug-likeness (QED) is 0.236. The molecule has 1 saturated carbocycles. The number of hydrogen-bond acceptors (Lipinski definition) is 11. The van der Waals surface area contributed by atoms with Crippen LogP contribution in [0.3, 0.4) is 0 Å². The van der Waals surface area contributed by atoms with Gasteiger partial charge in [-0.15, -0.1) is 0 Å². The molecular weight excluding hydrogens is 320 g/mol. The lowest BCUT2D eigenvalue weighted by molar-refractivity contribution is -0.339. The van der Waals surface area contributed by atoms with Crippen molar-refractivity contribution in [1.82, 2.24) is 0 Å². The molecule has 2 aliphatic rings. The summed E-state index contributed by atoms with van der Waals surface area (Å²) in [4.78, 5) is 0. The largest absolute Gasteiger partial charge is 0.394 e. The van der Waals surface area contributed by atoms with Crippen molar-refractivity contribution in [3.05, 3.63) is 0 Å². The summed E-state index contributed by atoms with van der Waals surface area (Å²) < 4.78 is 10.2. The third kappa shape index (κ3) is 3.36. The third-order valence-electron chi connectivity index (χ3n) is 4.21. The average molecular weight is 342 g/mol. The molecule has 0 aromatic carbocycles. The topological polar surface area (TPSA) is 201 Å². The molecule has 0 spiro atoms. The average Bonchev–Trinajstić information content (AvgIpc) is 2.54. The molecule has 1 aliphatic heterocycles. The van der Waals surface area contributed by atoms with E-state index >= 15 is 0 Å². The van der Waals surface area contributed by atoms with Crippen molar-refractivity contribution in [3.8, 4) is 0 Å². The molecule has 9 N–H and O–H groups in total. The molecular formula is C12H22O11. The second kappa shape index (κ2) is 7.21. The zero-order valence-corrected chi connectivity index (χ0v) is 11.9. The summed E-state index contributed by atoms with van der Waals surface area (Å²) in [5.74, 6) is 0. The van der Waals surface area contributed by atoms with Crippen LogP contribution < -0.4 is 0 Å². The Hall–Kier alpha value is -0.440. The number of hydrogen-bond donors (Lipinski definition) is 9. The van der Waals surface area contributed by atoms with Gasteiger partial charge in [0.1, 0.15) is 61.0 Å². The van der Waals surface area contributed by atoms with E-state index < -0.39 is 73.9 Å². The van der Waals surface area contributed by atoms with Gasteiger partial charge in [-0.3, -0.25) is 0 Å². The highest BCUT2D eigenvalue weighted by atomic mass is 16.7. The Morgan fingerprint density at radius 3 is 1.52 bits per heavy atom. The van der Waals surface area contributed by atoms with Gasteiger partial charge in [-0.1, -0.05) is 0 Å². The normalized spacial score (nSPS) is 54.9. The molecule has 11 heteroatoms. The maximum absolute atomic E-state index is 9.85. The van der Waals surface area contributed by atoms with E-state index in [9.17, 15) is 40.9 Å². The molecule has 11 nitrogen and oxygen atoms in total. The number of aliphatic hydroxyl groups excluding tert-OH is 9. The first kappa shape index (κ1) is 18.9. The van der Waals surface area contributed by atoms with Crippen molar-refractivity contribution < 1.29 is 55.4 Å². The van der Waals surface area contributed by atoms with Crippen LogP contribution in [-0.4, -0.2) is 120 Å². The van der Waals surface area contributed by atoms with E-state index in [2.05, 4.69) is 0 Å². The van der Waals surface area contributed by atoms with Crippen LogP contribution in [0.25, 0.3) is 0 Å². The van der Waals surface area contributed by atoms with Gasteiger partial charge in [-0.05, 0) is 0 Å². The molecule has 2 unspecified atom stereocenters. The van der Waals surface area contributed by atoms with Crippen LogP contribution in [-0.2, 0) is 9.47 Å². The standard InChI is InChI=1S/C12H22O11/c13-1-2-3(14)4(15)10(21)12(22-2)23-11-8(19)6(17)5(16)7(18)9(11)20/h2-21H,1H2/t2-,3-,4+,5?,6-,7+,8-,9-,10-,11?,12+/m1/s1. The molecule has 23 heavy (non-hydrogen) atoms. The fourth-order valence-electron chi connectivity index (χ4n) is 2.69. The zero-order valence-electron chi connectivity index (χ0n) is 11.9. The molecule has 2 rings (SSSR count). The van der Waals surface area contributed by atoms with Gasteiger partial charge in [-0.25, -0.2) is 0 Å². The summed E-state index contributed by atoms with van der Waals surface area (Å²) >= 11 is 0. The van der Waals surface area contributed by atoms with Crippen molar-refractivity contribution in [1.29, 1.82) is 0 Å². The van der Waals surface area contributed by atoms with Crippen LogP contribution in [0.5, 0.6) is 0 Å². The summed E-state index contributed by atoms with van der Waals surface area (Å²) in [6, 6.07) is 0. The SMILES string of the molecule is OC[C@H]1O[C@@H](OC2[C@H](O)[C@H](O)C(O)[C@H](O)[C@H]2O)[C@H](O)[C@@H](O)[C@@H]1O. The number of aliphatic hydroxyl groups is 9. The van der Waals surface area contributed by atoms with E-state index in [0.29, 0.717) is 0 Å². The van der Waals surface area contributed by atoms with Crippen LogP contribution in [0, 0.1) is 0 Å². The first-order chi connectivity index (χ1) is 10.7. The predicted octanol–water partition coefficient (Wildman–Crippen LogP) is -6.01. The smallest absolute Gasteiger partial charge is 0.187 e. The summed E-state index contributed by atoms with van der Waals surface area (Å²) in [6.45, 7) is -0.704. The molecule has 0 bridgehead atoms. The van der Waals surface area contributed by atoms with Gasteiger partial charge in [-0.2, -0.15) is 0 Å². The molecule has 0 amide bonds. The fraction of sp³-hybridized carbons (Fsp3) is 1.00. The maximum atomic E-state index is 9.85. The summed E-state index contributed by atoms with van der Waals surface area (Å²) in [5, 5.41) is 86.6. The molecule has 0 aromatic heterocycles. The van der Waals surface area contributed by atoms with Crippen molar-refractivity contribution in [2.24, 2.45) is 0 Å². The van der Waals surface area contributed by atoms with Crippen LogP contribution in [0.4, 0.5) is 0 Å². The fourth-order valence-corrected chi connectivity index (χ4v) is 2.69. The monoisotopic (exact) mass is 342 g/mol. The first-order valence-corrected chi connectivity index (χ1v) is 7.07. The molecule has 136 valence electrons. The van der Waals surface area contributed by atoms with E-state index in [1.165, 1.54) is 0 Å². The van der Waals surface area contributed by atoms with E-state index in [0.717, 1.165) is 0 Å². The zero-order chi connectivity index (χ0) is 17.5. The lowest BCUT2D eigenvalue weighted by Gasteiger charge is -2.45. The third-order valence-corrected chi connectivity index (χ3v) is 4.21. The van der Waals surface area contributed by atoms with Crippen LogP contribution in [0.2, 0.25) is 0 Å². The molecule has 0 radical (unpaired) electrons. The van der Waals surface area contributed by atoms with E-state index in [1.807, 2.05) is 0 Å². The molecule has 0 aromatic rings. The van der Waals surface area contributed by atoms with Gasteiger partial charge in [0.25, 0.3) is 0 Å². The molecule has 1 heterocycles. The van der Waals surface area contributed by atoms with Crippen molar-refractivity contribution in [2.75, 3.05) is 6.61 Å². The number of ether oxygens (including phenoxy) is 2. The van der Waals surface area contributed by atoms with E-state index in [1.54, 1.807) is 0 Å². The van der Waals surface area contributed by atoms with Gasteiger partial charge in [0.2, 0.25) is 0 Å². The predicted molar refractivity (Wildman–Crippen MR) is 68.7 cm³/mol. The Labute approximate surface area is 130 Å². The lowest BCUT2D eigenvalue weighted by atomic mass is 9.84. The minimum absolute atomic E-state index is 0.704. The Bertz CT molecular complexity index is 377. The summed E-state index contributed by atoms with van der Waals surface area (Å²) in [6.07, 6.45) is -18.9. The van der Waals surface area contributed by atoms with Gasteiger partial charge < -0.3 is 55.4 Å². The van der Waals surface area contributed by atoms with Crippen molar-refractivity contribution in [3.63, 3.8) is 0 Å². The van der Waals surface area contributed by atoms with E-state index in [-0.39, 0.29) is 0 Å². The van der Waals surface area contributed by atoms with Crippen molar-refractivity contribution >= 4 is 0 Å². The molecule has 2 fully saturated rings. The highest BCUT2D eigenvalue weighted by Gasteiger charge is 2.52. The van der Waals surface area contributed by atoms with Gasteiger partial charge >= 0.3 is 0 Å². The van der Waals surface area contributed by atoms with Gasteiger partial charge in [0, 0.05) is 0 Å². The van der Waals surface area contributed by atoms with Crippen LogP contribution in [0.1, 0.15) is 0 Å². The Morgan fingerprint density at radius 1 is 0.609 bits per heavy atom. The molecule has 1 saturated heterocycles. The highest BCUT2D eigenvalue weighted by Crippen LogP contribution is 2.29. The van der Waals surface area contributed by atoms with Gasteiger partial charge in [0.15, 0.2) is 6.29 Å². The second-order valence-corrected chi connectivity index (χ2v) is 5.75. The molecule has 1 aliphatic carbocycles. The Morgan fingerprint density at radius 2 is 1.04 bits per heavy atom. The van der Waals surface area contributed by atoms with Gasteiger partial charge in [0.05, 0.1) is 6.61 Å². The Kier molecular flexibility index (Phi) is 5.92. The lowest BCUT2D eigenvalue weighted by Crippen LogP contribution is -2.67. The van der Waals surface area contributed by atoms with Crippen LogP contribution >= 0.6 is 0 Å². The minimum atomic E-state index is -1.83. The van der Waals surface area contributed by atoms with Crippen LogP contribution in [0.15, 0.2) is 0 Å². The Balaban J connectivity index is 2.13. The van der Waals surface area contributed by atoms with E-state index in [4.69, 9.17) is 14.6 Å². The first-order valence-electron chi connectivity index (χ1n) is 7.07. The molecule has 11 atom stereocenters. The maximum Gasteiger partial charge on any atom is 0.187 e. The summed E-state index contributed by atoms with van der Waals surface area (Å²) in [7, 11) is 0. The minimum Gasteiger partial charge on any atom is -0.394 e. The number of rotatable bonds is 3. The highest BCUT2D eigenvalue weighted by molar-refractivity contribution is 5.00. The van der Waals surface area contributed by atoms with Crippen molar-refractivity contribution in [2.45, 2.75) is 67.3 Å². The summed E-state index contributed by atoms with van der Waals surface area (Å²) in [5.41, 5.74) is 0.